The van der Waals surface area contributed by atoms with Gasteiger partial charge in [-0.05, 0) is 23.8 Å². The molecular formula is C17H14ClN5O3. The van der Waals surface area contributed by atoms with E-state index in [1.165, 1.54) is 13.0 Å². The fourth-order valence-corrected chi connectivity index (χ4v) is 2.71. The van der Waals surface area contributed by atoms with E-state index in [1.54, 1.807) is 6.20 Å². The van der Waals surface area contributed by atoms with Gasteiger partial charge in [0, 0.05) is 31.1 Å². The molecule has 0 aliphatic carbocycles. The molecule has 3 rings (SSSR count). The van der Waals surface area contributed by atoms with Gasteiger partial charge in [0.15, 0.2) is 0 Å². The predicted octanol–water partition coefficient (Wildman–Crippen LogP) is 3.76. The zero-order chi connectivity index (χ0) is 18.7. The van der Waals surface area contributed by atoms with E-state index >= 15 is 0 Å². The minimum absolute atomic E-state index is 0.00675. The molecule has 0 saturated heterocycles. The lowest BCUT2D eigenvalue weighted by Crippen LogP contribution is -2.11. The Bertz CT molecular complexity index is 1010. The highest BCUT2D eigenvalue weighted by molar-refractivity contribution is 6.30. The average molecular weight is 372 g/mol. The molecule has 0 aliphatic heterocycles. The number of anilines is 2. The maximum absolute atomic E-state index is 11.4. The van der Waals surface area contributed by atoms with Crippen LogP contribution in [0.2, 0.25) is 5.15 Å². The highest BCUT2D eigenvalue weighted by atomic mass is 35.5. The molecule has 0 spiro atoms. The lowest BCUT2D eigenvalue weighted by Gasteiger charge is -2.11. The first-order valence-electron chi connectivity index (χ1n) is 7.64. The first kappa shape index (κ1) is 17.6. The quantitative estimate of drug-likeness (QED) is 0.401. The number of amides is 1. The lowest BCUT2D eigenvalue weighted by atomic mass is 10.1. The van der Waals surface area contributed by atoms with Gasteiger partial charge in [0.1, 0.15) is 10.8 Å². The van der Waals surface area contributed by atoms with Crippen molar-refractivity contribution in [3.8, 4) is 0 Å². The fraction of sp³-hybridized carbons (Fsp3) is 0.118. The Morgan fingerprint density at radius 1 is 1.31 bits per heavy atom. The van der Waals surface area contributed by atoms with Crippen molar-refractivity contribution in [3.63, 3.8) is 0 Å². The van der Waals surface area contributed by atoms with E-state index in [-0.39, 0.29) is 22.3 Å². The second-order valence-electron chi connectivity index (χ2n) is 5.51. The van der Waals surface area contributed by atoms with Crippen LogP contribution in [-0.4, -0.2) is 20.8 Å². The molecule has 1 amide bonds. The van der Waals surface area contributed by atoms with Crippen molar-refractivity contribution in [2.45, 2.75) is 13.5 Å². The van der Waals surface area contributed by atoms with Crippen LogP contribution >= 0.6 is 11.6 Å². The van der Waals surface area contributed by atoms with Crippen molar-refractivity contribution in [1.29, 1.82) is 0 Å². The topological polar surface area (TPSA) is 110 Å². The summed E-state index contributed by atoms with van der Waals surface area (Å²) in [6.45, 7) is 1.55. The molecule has 0 aliphatic rings. The van der Waals surface area contributed by atoms with Crippen LogP contribution in [0.3, 0.4) is 0 Å². The number of halogens is 1. The molecular weight excluding hydrogens is 358 g/mol. The van der Waals surface area contributed by atoms with Gasteiger partial charge in [-0.1, -0.05) is 23.7 Å². The summed E-state index contributed by atoms with van der Waals surface area (Å²) >= 11 is 5.94. The van der Waals surface area contributed by atoms with Crippen molar-refractivity contribution in [2.24, 2.45) is 0 Å². The molecule has 0 atom stereocenters. The van der Waals surface area contributed by atoms with Crippen LogP contribution in [0.5, 0.6) is 0 Å². The zero-order valence-corrected chi connectivity index (χ0v) is 14.4. The molecule has 8 nitrogen and oxygen atoms in total. The summed E-state index contributed by atoms with van der Waals surface area (Å²) < 4.78 is 0. The maximum atomic E-state index is 11.4. The van der Waals surface area contributed by atoms with Gasteiger partial charge in [0.2, 0.25) is 11.7 Å². The normalized spacial score (nSPS) is 10.5. The van der Waals surface area contributed by atoms with Crippen LogP contribution < -0.4 is 10.6 Å². The number of rotatable bonds is 5. The number of benzene rings is 1. The van der Waals surface area contributed by atoms with Gasteiger partial charge in [-0.15, -0.1) is 0 Å². The maximum Gasteiger partial charge on any atom is 0.334 e. The molecule has 2 aromatic heterocycles. The van der Waals surface area contributed by atoms with E-state index in [0.29, 0.717) is 6.54 Å². The molecule has 3 aromatic rings. The van der Waals surface area contributed by atoms with Crippen molar-refractivity contribution >= 4 is 45.6 Å². The highest BCUT2D eigenvalue weighted by Crippen LogP contribution is 2.34. The predicted molar refractivity (Wildman–Crippen MR) is 99.3 cm³/mol. The number of hydrogen-bond donors (Lipinski definition) is 2. The Morgan fingerprint density at radius 2 is 2.12 bits per heavy atom. The van der Waals surface area contributed by atoms with Gasteiger partial charge < -0.3 is 10.6 Å². The summed E-state index contributed by atoms with van der Waals surface area (Å²) in [5.74, 6) is -0.458. The third-order valence-corrected chi connectivity index (χ3v) is 3.78. The number of nitrogens with one attached hydrogen (secondary N) is 2. The second kappa shape index (κ2) is 7.32. The number of pyridine rings is 2. The van der Waals surface area contributed by atoms with Gasteiger partial charge in [0.25, 0.3) is 0 Å². The molecule has 1 aromatic carbocycles. The summed E-state index contributed by atoms with van der Waals surface area (Å²) in [7, 11) is 0. The summed E-state index contributed by atoms with van der Waals surface area (Å²) in [4.78, 5) is 30.4. The number of aromatic nitrogens is 2. The van der Waals surface area contributed by atoms with Gasteiger partial charge in [-0.3, -0.25) is 19.9 Å². The van der Waals surface area contributed by atoms with Crippen LogP contribution in [0.15, 0.2) is 42.6 Å². The monoisotopic (exact) mass is 371 g/mol. The largest absolute Gasteiger partial charge is 0.360 e. The summed E-state index contributed by atoms with van der Waals surface area (Å²) in [5, 5.41) is 17.8. The molecule has 0 unspecified atom stereocenters. The summed E-state index contributed by atoms with van der Waals surface area (Å²) in [6.07, 6.45) is 1.71. The molecule has 2 N–H and O–H groups in total. The van der Waals surface area contributed by atoms with E-state index in [0.717, 1.165) is 16.5 Å². The number of fused-ring (bicyclic) bond motifs is 1. The fourth-order valence-electron chi connectivity index (χ4n) is 2.52. The third kappa shape index (κ3) is 3.86. The molecule has 132 valence electrons. The lowest BCUT2D eigenvalue weighted by molar-refractivity contribution is -0.383. The third-order valence-electron chi connectivity index (χ3n) is 3.58. The van der Waals surface area contributed by atoms with E-state index in [9.17, 15) is 14.9 Å². The summed E-state index contributed by atoms with van der Waals surface area (Å²) in [6, 6.07) is 10.7. The number of hydrogen-bond acceptors (Lipinski definition) is 6. The highest BCUT2D eigenvalue weighted by Gasteiger charge is 2.23. The van der Waals surface area contributed by atoms with E-state index in [4.69, 9.17) is 11.6 Å². The van der Waals surface area contributed by atoms with Crippen LogP contribution in [0.4, 0.5) is 17.2 Å². The molecule has 0 bridgehead atoms. The first-order chi connectivity index (χ1) is 12.4. The number of nitro groups is 1. The molecule has 0 saturated carbocycles. The Hall–Kier alpha value is -3.26. The minimum atomic E-state index is -0.610. The second-order valence-corrected chi connectivity index (χ2v) is 5.90. The molecule has 26 heavy (non-hydrogen) atoms. The van der Waals surface area contributed by atoms with Crippen LogP contribution in [-0.2, 0) is 11.3 Å². The average Bonchev–Trinajstić information content (AvgIpc) is 2.58. The standard InChI is InChI=1S/C17H14ClN5O3/c1-10(24)21-14-8-15(18)22-17(16(14)23(25)26)20-9-11-4-5-13-12(7-11)3-2-6-19-13/h2-8H,9H2,1H3,(H2,20,21,22,24). The number of nitrogens with zero attached hydrogens (tertiary/aromatic N) is 3. The number of carbonyl (C=O) groups excluding carboxylic acids is 1. The smallest absolute Gasteiger partial charge is 0.334 e. The molecule has 2 heterocycles. The van der Waals surface area contributed by atoms with Crippen molar-refractivity contribution in [3.05, 3.63) is 63.4 Å². The van der Waals surface area contributed by atoms with Gasteiger partial charge in [-0.25, -0.2) is 4.98 Å². The van der Waals surface area contributed by atoms with E-state index < -0.39 is 10.8 Å². The first-order valence-corrected chi connectivity index (χ1v) is 8.02. The van der Waals surface area contributed by atoms with Gasteiger partial charge in [0.05, 0.1) is 10.4 Å². The van der Waals surface area contributed by atoms with Gasteiger partial charge >= 0.3 is 5.69 Å². The molecule has 0 fully saturated rings. The van der Waals surface area contributed by atoms with E-state index in [2.05, 4.69) is 20.6 Å². The Balaban J connectivity index is 1.91. The van der Waals surface area contributed by atoms with E-state index in [1.807, 2.05) is 30.3 Å². The Morgan fingerprint density at radius 3 is 2.85 bits per heavy atom. The SMILES string of the molecule is CC(=O)Nc1cc(Cl)nc(NCc2ccc3ncccc3c2)c1[N+](=O)[O-]. The zero-order valence-electron chi connectivity index (χ0n) is 13.7. The van der Waals surface area contributed by atoms with Gasteiger partial charge in [-0.2, -0.15) is 0 Å². The minimum Gasteiger partial charge on any atom is -0.360 e. The molecule has 9 heteroatoms. The van der Waals surface area contributed by atoms with Crippen LogP contribution in [0.1, 0.15) is 12.5 Å². The Kier molecular flexibility index (Phi) is 4.94. The van der Waals surface area contributed by atoms with Crippen molar-refractivity contribution in [2.75, 3.05) is 10.6 Å². The Labute approximate surface area is 153 Å². The van der Waals surface area contributed by atoms with Crippen LogP contribution in [0, 0.1) is 10.1 Å². The number of carbonyl (C=O) groups is 1. The van der Waals surface area contributed by atoms with Crippen molar-refractivity contribution in [1.82, 2.24) is 9.97 Å². The summed E-state index contributed by atoms with van der Waals surface area (Å²) in [5.41, 5.74) is 1.40. The van der Waals surface area contributed by atoms with Crippen molar-refractivity contribution < 1.29 is 9.72 Å². The molecule has 0 radical (unpaired) electrons. The van der Waals surface area contributed by atoms with Crippen LogP contribution in [0.25, 0.3) is 10.9 Å².